The Hall–Kier alpha value is -0.880. The lowest BCUT2D eigenvalue weighted by Crippen LogP contribution is -2.34. The zero-order chi connectivity index (χ0) is 14.4. The molecule has 0 unspecified atom stereocenters. The number of fused-ring (bicyclic) bond motifs is 1. The van der Waals surface area contributed by atoms with Gasteiger partial charge < -0.3 is 5.11 Å². The van der Waals surface area contributed by atoms with Crippen LogP contribution in [0.4, 0.5) is 5.69 Å². The minimum atomic E-state index is -0.291. The summed E-state index contributed by atoms with van der Waals surface area (Å²) in [4.78, 5) is 26.5. The van der Waals surface area contributed by atoms with Crippen LogP contribution in [0.15, 0.2) is 24.3 Å². The van der Waals surface area contributed by atoms with Crippen LogP contribution in [-0.2, 0) is 9.59 Å². The molecule has 0 aromatic heterocycles. The first-order valence-corrected chi connectivity index (χ1v) is 8.27. The third-order valence-electron chi connectivity index (χ3n) is 4.03. The van der Waals surface area contributed by atoms with Crippen molar-refractivity contribution in [1.29, 1.82) is 0 Å². The maximum absolute atomic E-state index is 12.5. The van der Waals surface area contributed by atoms with Crippen molar-refractivity contribution >= 4 is 49.4 Å². The van der Waals surface area contributed by atoms with Gasteiger partial charge in [0.15, 0.2) is 0 Å². The van der Waals surface area contributed by atoms with Gasteiger partial charge in [-0.1, -0.05) is 44.0 Å². The molecular formula is C14H13Br2NO3. The molecular weight excluding hydrogens is 390 g/mol. The molecule has 1 aliphatic carbocycles. The van der Waals surface area contributed by atoms with Gasteiger partial charge in [0, 0.05) is 9.65 Å². The minimum absolute atomic E-state index is 0.0429. The highest BCUT2D eigenvalue weighted by atomic mass is 79.9. The molecule has 1 aromatic rings. The molecule has 20 heavy (non-hydrogen) atoms. The number of phenols is 1. The molecule has 2 aliphatic rings. The Labute approximate surface area is 133 Å². The lowest BCUT2D eigenvalue weighted by Gasteiger charge is -2.29. The number of benzene rings is 1. The van der Waals surface area contributed by atoms with Gasteiger partial charge in [-0.05, 0) is 25.0 Å². The SMILES string of the molecule is O=C1[C@H]2C[C@H](Br)[C@@H](Br)C[C@H]2C(=O)N1c1ccccc1O. The summed E-state index contributed by atoms with van der Waals surface area (Å²) in [6.07, 6.45) is 1.27. The first-order chi connectivity index (χ1) is 9.50. The van der Waals surface area contributed by atoms with Gasteiger partial charge in [0.25, 0.3) is 0 Å². The summed E-state index contributed by atoms with van der Waals surface area (Å²) < 4.78 is 0. The fraction of sp³-hybridized carbons (Fsp3) is 0.429. The second-order valence-corrected chi connectivity index (χ2v) is 7.57. The number of aromatic hydroxyl groups is 1. The Morgan fingerprint density at radius 2 is 1.50 bits per heavy atom. The molecule has 1 saturated carbocycles. The predicted octanol–water partition coefficient (Wildman–Crippen LogP) is 2.82. The summed E-state index contributed by atoms with van der Waals surface area (Å²) >= 11 is 7.10. The van der Waals surface area contributed by atoms with E-state index in [-0.39, 0.29) is 44.7 Å². The first kappa shape index (κ1) is 14.1. The van der Waals surface area contributed by atoms with Crippen molar-refractivity contribution in [2.24, 2.45) is 11.8 Å². The molecule has 1 aromatic carbocycles. The van der Waals surface area contributed by atoms with Crippen molar-refractivity contribution in [3.05, 3.63) is 24.3 Å². The number of amides is 2. The number of rotatable bonds is 1. The van der Waals surface area contributed by atoms with Crippen LogP contribution < -0.4 is 4.90 Å². The first-order valence-electron chi connectivity index (χ1n) is 6.44. The average molecular weight is 403 g/mol. The van der Waals surface area contributed by atoms with Crippen molar-refractivity contribution in [1.82, 2.24) is 0 Å². The maximum atomic E-state index is 12.5. The van der Waals surface area contributed by atoms with E-state index in [0.29, 0.717) is 12.8 Å². The molecule has 1 saturated heterocycles. The van der Waals surface area contributed by atoms with Gasteiger partial charge in [-0.3, -0.25) is 9.59 Å². The number of alkyl halides is 2. The van der Waals surface area contributed by atoms with Gasteiger partial charge in [0.2, 0.25) is 11.8 Å². The van der Waals surface area contributed by atoms with Gasteiger partial charge >= 0.3 is 0 Å². The van der Waals surface area contributed by atoms with E-state index in [1.165, 1.54) is 6.07 Å². The molecule has 0 bridgehead atoms. The van der Waals surface area contributed by atoms with Gasteiger partial charge in [-0.15, -0.1) is 0 Å². The van der Waals surface area contributed by atoms with E-state index in [4.69, 9.17) is 0 Å². The lowest BCUT2D eigenvalue weighted by atomic mass is 9.81. The van der Waals surface area contributed by atoms with Crippen molar-refractivity contribution in [3.63, 3.8) is 0 Å². The molecule has 3 rings (SSSR count). The third-order valence-corrected chi connectivity index (χ3v) is 6.77. The fourth-order valence-corrected chi connectivity index (χ4v) is 4.22. The highest BCUT2D eigenvalue weighted by molar-refractivity contribution is 9.12. The summed E-state index contributed by atoms with van der Waals surface area (Å²) in [7, 11) is 0. The summed E-state index contributed by atoms with van der Waals surface area (Å²) in [6, 6.07) is 6.45. The Morgan fingerprint density at radius 1 is 1.00 bits per heavy atom. The van der Waals surface area contributed by atoms with Crippen LogP contribution in [-0.4, -0.2) is 26.6 Å². The Bertz CT molecular complexity index is 549. The number of hydrogen-bond acceptors (Lipinski definition) is 3. The van der Waals surface area contributed by atoms with E-state index in [2.05, 4.69) is 31.9 Å². The van der Waals surface area contributed by atoms with Crippen molar-refractivity contribution in [2.75, 3.05) is 4.90 Å². The Kier molecular flexibility index (Phi) is 3.62. The highest BCUT2D eigenvalue weighted by Gasteiger charge is 2.52. The number of carbonyl (C=O) groups excluding carboxylic acids is 2. The zero-order valence-corrected chi connectivity index (χ0v) is 13.7. The average Bonchev–Trinajstić information content (AvgIpc) is 2.64. The standard InChI is InChI=1S/C14H13Br2NO3/c15-9-5-7-8(6-10(9)16)14(20)17(13(7)19)11-3-1-2-4-12(11)18/h1-4,7-10,18H,5-6H2/t7-,8+,9-,10-/m0/s1. The molecule has 6 heteroatoms. The smallest absolute Gasteiger partial charge is 0.237 e. The number of anilines is 1. The van der Waals surface area contributed by atoms with Crippen molar-refractivity contribution < 1.29 is 14.7 Å². The molecule has 0 radical (unpaired) electrons. The molecule has 1 aliphatic heterocycles. The van der Waals surface area contributed by atoms with E-state index >= 15 is 0 Å². The number of phenolic OH excluding ortho intramolecular Hbond substituents is 1. The van der Waals surface area contributed by atoms with Crippen LogP contribution in [0.5, 0.6) is 5.75 Å². The van der Waals surface area contributed by atoms with E-state index in [0.717, 1.165) is 4.90 Å². The van der Waals surface area contributed by atoms with E-state index in [1.807, 2.05) is 0 Å². The van der Waals surface area contributed by atoms with Crippen molar-refractivity contribution in [3.8, 4) is 5.75 Å². The maximum Gasteiger partial charge on any atom is 0.237 e. The van der Waals surface area contributed by atoms with Crippen LogP contribution in [0, 0.1) is 11.8 Å². The number of carbonyl (C=O) groups is 2. The largest absolute Gasteiger partial charge is 0.506 e. The van der Waals surface area contributed by atoms with Crippen LogP contribution in [0.2, 0.25) is 0 Å². The highest BCUT2D eigenvalue weighted by Crippen LogP contribution is 2.45. The number of nitrogens with zero attached hydrogens (tertiary/aromatic N) is 1. The zero-order valence-electron chi connectivity index (χ0n) is 10.5. The summed E-state index contributed by atoms with van der Waals surface area (Å²) in [6.45, 7) is 0. The number of halogens is 2. The topological polar surface area (TPSA) is 57.6 Å². The third kappa shape index (κ3) is 2.09. The van der Waals surface area contributed by atoms with Gasteiger partial charge in [0.05, 0.1) is 17.5 Å². The number of para-hydroxylation sites is 2. The van der Waals surface area contributed by atoms with Crippen LogP contribution in [0.1, 0.15) is 12.8 Å². The molecule has 1 heterocycles. The number of imide groups is 1. The Morgan fingerprint density at radius 3 is 2.00 bits per heavy atom. The second-order valence-electron chi connectivity index (χ2n) is 5.22. The van der Waals surface area contributed by atoms with Crippen molar-refractivity contribution in [2.45, 2.75) is 22.5 Å². The van der Waals surface area contributed by atoms with Gasteiger partial charge in [0.1, 0.15) is 5.75 Å². The monoisotopic (exact) mass is 401 g/mol. The quantitative estimate of drug-likeness (QED) is 0.580. The van der Waals surface area contributed by atoms with Crippen LogP contribution in [0.25, 0.3) is 0 Å². The lowest BCUT2D eigenvalue weighted by molar-refractivity contribution is -0.122. The Balaban J connectivity index is 1.97. The molecule has 2 fully saturated rings. The molecule has 2 amide bonds. The minimum Gasteiger partial charge on any atom is -0.506 e. The fourth-order valence-electron chi connectivity index (χ4n) is 2.99. The molecule has 4 atom stereocenters. The van der Waals surface area contributed by atoms with E-state index < -0.39 is 0 Å². The molecule has 1 N–H and O–H groups in total. The predicted molar refractivity (Wildman–Crippen MR) is 82.2 cm³/mol. The van der Waals surface area contributed by atoms with E-state index in [9.17, 15) is 14.7 Å². The van der Waals surface area contributed by atoms with Crippen LogP contribution in [0.3, 0.4) is 0 Å². The molecule has 4 nitrogen and oxygen atoms in total. The van der Waals surface area contributed by atoms with Crippen LogP contribution >= 0.6 is 31.9 Å². The molecule has 0 spiro atoms. The summed E-state index contributed by atoms with van der Waals surface area (Å²) in [5, 5.41) is 9.88. The summed E-state index contributed by atoms with van der Waals surface area (Å²) in [5.41, 5.74) is 0.286. The van der Waals surface area contributed by atoms with E-state index in [1.54, 1.807) is 18.2 Å². The number of hydrogen-bond donors (Lipinski definition) is 1. The molecule has 106 valence electrons. The van der Waals surface area contributed by atoms with Gasteiger partial charge in [-0.2, -0.15) is 0 Å². The normalized spacial score (nSPS) is 33.4. The van der Waals surface area contributed by atoms with Gasteiger partial charge in [-0.25, -0.2) is 4.90 Å². The summed E-state index contributed by atoms with van der Waals surface area (Å²) in [5.74, 6) is -1.03. The second kappa shape index (κ2) is 5.15.